The molecule has 0 aromatic heterocycles. The third kappa shape index (κ3) is 9.10. The van der Waals surface area contributed by atoms with Gasteiger partial charge in [-0.3, -0.25) is 14.4 Å². The van der Waals surface area contributed by atoms with E-state index in [1.165, 1.54) is 19.1 Å². The number of amides is 2. The van der Waals surface area contributed by atoms with Gasteiger partial charge in [0.25, 0.3) is 5.91 Å². The highest BCUT2D eigenvalue weighted by molar-refractivity contribution is 6.31. The molecule has 0 spiro atoms. The van der Waals surface area contributed by atoms with Gasteiger partial charge in [0, 0.05) is 50.4 Å². The van der Waals surface area contributed by atoms with E-state index in [-0.39, 0.29) is 59.1 Å². The fourth-order valence-corrected chi connectivity index (χ4v) is 7.67. The summed E-state index contributed by atoms with van der Waals surface area (Å²) in [6.45, 7) is 9.95. The average molecular weight is 784 g/mol. The predicted octanol–water partition coefficient (Wildman–Crippen LogP) is 7.49. The van der Waals surface area contributed by atoms with Crippen molar-refractivity contribution in [1.29, 1.82) is 0 Å². The number of fused-ring (bicyclic) bond motifs is 1. The number of carbonyl (C=O) groups excluding carboxylic acids is 5. The van der Waals surface area contributed by atoms with Crippen LogP contribution < -0.4 is 0 Å². The SMILES string of the molecule is CC(=O)CC[C@H](C)C(=O)N1CC=C(c2cccc3c2CCN(C(=O)[C@H]2CC(c4cccc(Cl)c4F)=NO2)[C@@H]3C(=O)Cc2ccc(C(=O)OC(C)(C)C)cc2)CC1. The fourth-order valence-electron chi connectivity index (χ4n) is 7.50. The number of hydrogen-bond acceptors (Lipinski definition) is 8. The maximum Gasteiger partial charge on any atom is 0.338 e. The smallest absolute Gasteiger partial charge is 0.338 e. The van der Waals surface area contributed by atoms with Crippen LogP contribution in [-0.4, -0.2) is 76.2 Å². The van der Waals surface area contributed by atoms with Crippen LogP contribution in [0, 0.1) is 11.7 Å². The van der Waals surface area contributed by atoms with E-state index in [9.17, 15) is 28.4 Å². The summed E-state index contributed by atoms with van der Waals surface area (Å²) in [5, 5.41) is 3.98. The number of hydrogen-bond donors (Lipinski definition) is 0. The largest absolute Gasteiger partial charge is 0.456 e. The summed E-state index contributed by atoms with van der Waals surface area (Å²) in [4.78, 5) is 75.0. The van der Waals surface area contributed by atoms with Crippen LogP contribution in [0.1, 0.15) is 105 Å². The van der Waals surface area contributed by atoms with Gasteiger partial charge < -0.3 is 24.2 Å². The van der Waals surface area contributed by atoms with Crippen molar-refractivity contribution in [3.8, 4) is 0 Å². The molecule has 0 saturated carbocycles. The molecule has 294 valence electrons. The average Bonchev–Trinajstić information content (AvgIpc) is 3.66. The van der Waals surface area contributed by atoms with Crippen molar-refractivity contribution in [2.75, 3.05) is 19.6 Å². The first-order valence-electron chi connectivity index (χ1n) is 19.0. The first-order valence-corrected chi connectivity index (χ1v) is 19.4. The van der Waals surface area contributed by atoms with Crippen LogP contribution >= 0.6 is 11.6 Å². The quantitative estimate of drug-likeness (QED) is 0.185. The highest BCUT2D eigenvalue weighted by Gasteiger charge is 2.42. The van der Waals surface area contributed by atoms with Gasteiger partial charge >= 0.3 is 5.97 Å². The Labute approximate surface area is 331 Å². The Bertz CT molecular complexity index is 2110. The van der Waals surface area contributed by atoms with Crippen molar-refractivity contribution >= 4 is 52.2 Å². The molecule has 12 heteroatoms. The van der Waals surface area contributed by atoms with Crippen LogP contribution in [0.25, 0.3) is 5.57 Å². The molecule has 3 aromatic rings. The van der Waals surface area contributed by atoms with Crippen molar-refractivity contribution in [3.05, 3.63) is 111 Å². The first kappa shape index (κ1) is 40.5. The zero-order valence-corrected chi connectivity index (χ0v) is 33.2. The van der Waals surface area contributed by atoms with Gasteiger partial charge in [0.1, 0.15) is 17.4 Å². The van der Waals surface area contributed by atoms with Gasteiger partial charge in [-0.2, -0.15) is 0 Å². The molecule has 3 aliphatic rings. The number of nitrogens with zero attached hydrogens (tertiary/aromatic N) is 3. The van der Waals surface area contributed by atoms with Crippen LogP contribution in [0.5, 0.6) is 0 Å². The zero-order valence-electron chi connectivity index (χ0n) is 32.4. The van der Waals surface area contributed by atoms with Crippen molar-refractivity contribution < 1.29 is 37.9 Å². The molecular weight excluding hydrogens is 737 g/mol. The number of rotatable bonds is 11. The minimum absolute atomic E-state index is 0.00199. The number of benzene rings is 3. The number of ketones is 2. The minimum Gasteiger partial charge on any atom is -0.456 e. The van der Waals surface area contributed by atoms with Crippen molar-refractivity contribution in [1.82, 2.24) is 9.80 Å². The number of halogens is 2. The third-order valence-corrected chi connectivity index (χ3v) is 10.7. The molecule has 0 saturated heterocycles. The van der Waals surface area contributed by atoms with Gasteiger partial charge in [0.05, 0.1) is 16.3 Å². The Hall–Kier alpha value is -5.16. The summed E-state index contributed by atoms with van der Waals surface area (Å²) < 4.78 is 20.4. The van der Waals surface area contributed by atoms with E-state index in [2.05, 4.69) is 11.2 Å². The molecule has 10 nitrogen and oxygen atoms in total. The highest BCUT2D eigenvalue weighted by atomic mass is 35.5. The molecule has 0 radical (unpaired) electrons. The third-order valence-electron chi connectivity index (χ3n) is 10.4. The van der Waals surface area contributed by atoms with E-state index >= 15 is 0 Å². The minimum atomic E-state index is -1.07. The first-order chi connectivity index (χ1) is 26.6. The van der Waals surface area contributed by atoms with Crippen molar-refractivity contribution in [2.24, 2.45) is 11.1 Å². The lowest BCUT2D eigenvalue weighted by Gasteiger charge is -2.38. The molecule has 3 aliphatic heterocycles. The second kappa shape index (κ2) is 16.9. The number of ether oxygens (including phenoxy) is 1. The van der Waals surface area contributed by atoms with E-state index in [4.69, 9.17) is 21.2 Å². The second-order valence-electron chi connectivity index (χ2n) is 15.7. The van der Waals surface area contributed by atoms with Crippen molar-refractivity contribution in [2.45, 2.75) is 90.9 Å². The van der Waals surface area contributed by atoms with Crippen LogP contribution in [0.4, 0.5) is 4.39 Å². The molecule has 0 aliphatic carbocycles. The fraction of sp³-hybridized carbons (Fsp3) is 0.409. The van der Waals surface area contributed by atoms with Crippen LogP contribution in [-0.2, 0) is 41.6 Å². The molecule has 6 rings (SSSR count). The maximum absolute atomic E-state index is 14.9. The van der Waals surface area contributed by atoms with Crippen LogP contribution in [0.2, 0.25) is 5.02 Å². The lowest BCUT2D eigenvalue weighted by molar-refractivity contribution is -0.149. The Balaban J connectivity index is 1.26. The number of esters is 1. The molecule has 56 heavy (non-hydrogen) atoms. The van der Waals surface area contributed by atoms with Crippen LogP contribution in [0.15, 0.2) is 71.9 Å². The van der Waals surface area contributed by atoms with E-state index in [1.54, 1.807) is 56.0 Å². The Morgan fingerprint density at radius 3 is 2.38 bits per heavy atom. The molecule has 3 heterocycles. The van der Waals surface area contributed by atoms with Gasteiger partial charge in [-0.15, -0.1) is 0 Å². The highest BCUT2D eigenvalue weighted by Crippen LogP contribution is 2.38. The number of carbonyl (C=O) groups is 5. The predicted molar refractivity (Wildman–Crippen MR) is 211 cm³/mol. The van der Waals surface area contributed by atoms with Crippen LogP contribution in [0.3, 0.4) is 0 Å². The summed E-state index contributed by atoms with van der Waals surface area (Å²) in [5.74, 6) is -1.95. The molecular formula is C44H47ClFN3O7. The van der Waals surface area contributed by atoms with Gasteiger partial charge in [-0.25, -0.2) is 9.18 Å². The summed E-state index contributed by atoms with van der Waals surface area (Å²) in [6, 6.07) is 16.0. The van der Waals surface area contributed by atoms with E-state index in [1.807, 2.05) is 30.0 Å². The second-order valence-corrected chi connectivity index (χ2v) is 16.1. The lowest BCUT2D eigenvalue weighted by Crippen LogP contribution is -2.48. The molecule has 2 amide bonds. The zero-order chi connectivity index (χ0) is 40.3. The molecule has 0 fully saturated rings. The normalized spacial score (nSPS) is 18.6. The van der Waals surface area contributed by atoms with Crippen molar-refractivity contribution in [3.63, 3.8) is 0 Å². The Morgan fingerprint density at radius 2 is 1.70 bits per heavy atom. The Kier molecular flexibility index (Phi) is 12.2. The van der Waals surface area contributed by atoms with Gasteiger partial charge in [0.15, 0.2) is 11.6 Å². The lowest BCUT2D eigenvalue weighted by atomic mass is 9.82. The molecule has 3 atom stereocenters. The molecule has 0 unspecified atom stereocenters. The Morgan fingerprint density at radius 1 is 0.982 bits per heavy atom. The summed E-state index contributed by atoms with van der Waals surface area (Å²) in [7, 11) is 0. The van der Waals surface area contributed by atoms with Gasteiger partial charge in [0.2, 0.25) is 12.0 Å². The summed E-state index contributed by atoms with van der Waals surface area (Å²) in [5.41, 5.74) is 4.46. The van der Waals surface area contributed by atoms with E-state index in [0.717, 1.165) is 16.7 Å². The topological polar surface area (TPSA) is 123 Å². The summed E-state index contributed by atoms with van der Waals surface area (Å²) >= 11 is 6.02. The van der Waals surface area contributed by atoms with Gasteiger partial charge in [-0.05, 0) is 99.0 Å². The molecule has 0 bridgehead atoms. The van der Waals surface area contributed by atoms with E-state index in [0.29, 0.717) is 55.5 Å². The monoisotopic (exact) mass is 783 g/mol. The van der Waals surface area contributed by atoms with E-state index < -0.39 is 35.4 Å². The molecule has 0 N–H and O–H groups in total. The molecule has 3 aromatic carbocycles. The number of Topliss-reactive ketones (excluding diaryl/α,β-unsaturated/α-hetero) is 2. The maximum atomic E-state index is 14.9. The summed E-state index contributed by atoms with van der Waals surface area (Å²) in [6.07, 6.45) is 2.94. The van der Waals surface area contributed by atoms with Gasteiger partial charge in [-0.1, -0.05) is 66.2 Å². The number of oxime groups is 1. The standard InChI is InChI=1S/C44H47ClFN3O7/c1-26(12-13-27(2)50)41(52)48-21-18-29(19-22-48)31-8-6-9-33-32(31)20-23-49(42(53)38-25-36(47-56-38)34-10-7-11-35(45)39(34)46)40(33)37(51)24-28-14-16-30(17-15-28)43(54)55-44(3,4)5/h6-11,14-18,26,38,40H,12-13,19-25H2,1-5H3/t26-,38+,40-/m0/s1.